The van der Waals surface area contributed by atoms with E-state index < -0.39 is 5.54 Å². The smallest absolute Gasteiger partial charge is 0.0637 e. The van der Waals surface area contributed by atoms with Crippen molar-refractivity contribution >= 4 is 0 Å². The fourth-order valence-corrected chi connectivity index (χ4v) is 2.13. The highest BCUT2D eigenvalue weighted by molar-refractivity contribution is 5.41. The van der Waals surface area contributed by atoms with Crippen molar-refractivity contribution in [3.05, 3.63) is 70.3 Å². The molecule has 94 valence electrons. The van der Waals surface area contributed by atoms with Crippen molar-refractivity contribution in [3.8, 4) is 0 Å². The first-order valence-electron chi connectivity index (χ1n) is 6.35. The van der Waals surface area contributed by atoms with Gasteiger partial charge < -0.3 is 5.73 Å². The largest absolute Gasteiger partial charge is 0.318 e. The highest BCUT2D eigenvalue weighted by Crippen LogP contribution is 2.28. The Balaban J connectivity index is 2.46. The van der Waals surface area contributed by atoms with E-state index >= 15 is 0 Å². The minimum Gasteiger partial charge on any atom is -0.318 e. The molecule has 1 heteroatoms. The summed E-state index contributed by atoms with van der Waals surface area (Å²) in [6, 6.07) is 14.9. The van der Waals surface area contributed by atoms with Crippen LogP contribution in [0.5, 0.6) is 0 Å². The second-order valence-corrected chi connectivity index (χ2v) is 5.37. The molecule has 0 aliphatic rings. The molecule has 1 nitrogen and oxygen atoms in total. The van der Waals surface area contributed by atoms with Gasteiger partial charge in [-0.15, -0.1) is 0 Å². The Morgan fingerprint density at radius 3 is 1.89 bits per heavy atom. The summed E-state index contributed by atoms with van der Waals surface area (Å²) in [5.74, 6) is 0. The predicted octanol–water partition coefficient (Wildman–Crippen LogP) is 3.83. The summed E-state index contributed by atoms with van der Waals surface area (Å²) >= 11 is 0. The van der Waals surface area contributed by atoms with E-state index in [1.807, 2.05) is 0 Å². The molecule has 2 aromatic carbocycles. The van der Waals surface area contributed by atoms with Gasteiger partial charge in [-0.2, -0.15) is 0 Å². The van der Waals surface area contributed by atoms with E-state index in [2.05, 4.69) is 70.2 Å². The highest BCUT2D eigenvalue weighted by atomic mass is 14.7. The van der Waals surface area contributed by atoms with Gasteiger partial charge in [-0.3, -0.25) is 0 Å². The maximum atomic E-state index is 6.53. The van der Waals surface area contributed by atoms with Crippen LogP contribution in [0.3, 0.4) is 0 Å². The molecule has 2 rings (SSSR count). The predicted molar refractivity (Wildman–Crippen MR) is 77.7 cm³/mol. The van der Waals surface area contributed by atoms with Crippen LogP contribution < -0.4 is 5.73 Å². The minimum atomic E-state index is -0.438. The first kappa shape index (κ1) is 12.8. The van der Waals surface area contributed by atoms with Crippen molar-refractivity contribution in [2.45, 2.75) is 33.2 Å². The SMILES string of the molecule is Cc1ccc(C(C)(N)c2ccc(C)c(C)c2)cc1. The third-order valence-electron chi connectivity index (χ3n) is 3.76. The van der Waals surface area contributed by atoms with E-state index in [-0.39, 0.29) is 0 Å². The van der Waals surface area contributed by atoms with E-state index in [4.69, 9.17) is 5.73 Å². The number of hydrogen-bond donors (Lipinski definition) is 1. The lowest BCUT2D eigenvalue weighted by atomic mass is 9.84. The zero-order valence-corrected chi connectivity index (χ0v) is 11.6. The molecule has 0 radical (unpaired) electrons. The van der Waals surface area contributed by atoms with Crippen LogP contribution in [-0.2, 0) is 5.54 Å². The van der Waals surface area contributed by atoms with Gasteiger partial charge in [-0.25, -0.2) is 0 Å². The fourth-order valence-electron chi connectivity index (χ4n) is 2.13. The summed E-state index contributed by atoms with van der Waals surface area (Å²) < 4.78 is 0. The van der Waals surface area contributed by atoms with Gasteiger partial charge in [-0.1, -0.05) is 48.0 Å². The maximum absolute atomic E-state index is 6.53. The molecule has 0 amide bonds. The standard InChI is InChI=1S/C17H21N/c1-12-5-8-15(9-6-12)17(4,18)16-10-7-13(2)14(3)11-16/h5-11H,18H2,1-4H3. The van der Waals surface area contributed by atoms with Crippen molar-refractivity contribution in [2.24, 2.45) is 5.73 Å². The van der Waals surface area contributed by atoms with Gasteiger partial charge >= 0.3 is 0 Å². The van der Waals surface area contributed by atoms with Crippen molar-refractivity contribution < 1.29 is 0 Å². The van der Waals surface area contributed by atoms with Crippen molar-refractivity contribution in [1.82, 2.24) is 0 Å². The number of nitrogens with two attached hydrogens (primary N) is 1. The fraction of sp³-hybridized carbons (Fsp3) is 0.294. The molecular formula is C17H21N. The summed E-state index contributed by atoms with van der Waals surface area (Å²) in [4.78, 5) is 0. The van der Waals surface area contributed by atoms with Gasteiger partial charge in [-0.05, 0) is 49.9 Å². The van der Waals surface area contributed by atoms with Crippen molar-refractivity contribution in [3.63, 3.8) is 0 Å². The number of rotatable bonds is 2. The molecule has 0 spiro atoms. The summed E-state index contributed by atoms with van der Waals surface area (Å²) in [7, 11) is 0. The molecule has 2 aromatic rings. The molecule has 1 atom stereocenters. The van der Waals surface area contributed by atoms with Crippen molar-refractivity contribution in [2.75, 3.05) is 0 Å². The molecule has 0 aliphatic carbocycles. The lowest BCUT2D eigenvalue weighted by molar-refractivity contribution is 0.602. The van der Waals surface area contributed by atoms with Gasteiger partial charge in [0.2, 0.25) is 0 Å². The Hall–Kier alpha value is -1.60. The molecular weight excluding hydrogens is 218 g/mol. The Morgan fingerprint density at radius 1 is 0.778 bits per heavy atom. The molecule has 0 aliphatic heterocycles. The number of aryl methyl sites for hydroxylation is 3. The average Bonchev–Trinajstić information content (AvgIpc) is 2.33. The summed E-state index contributed by atoms with van der Waals surface area (Å²) in [5.41, 5.74) is 12.3. The Bertz CT molecular complexity index is 550. The normalized spacial score (nSPS) is 14.3. The van der Waals surface area contributed by atoms with Crippen LogP contribution in [0.2, 0.25) is 0 Å². The third kappa shape index (κ3) is 2.32. The molecule has 0 fully saturated rings. The molecule has 0 bridgehead atoms. The maximum Gasteiger partial charge on any atom is 0.0637 e. The van der Waals surface area contributed by atoms with E-state index in [1.165, 1.54) is 16.7 Å². The number of benzene rings is 2. The van der Waals surface area contributed by atoms with Gasteiger partial charge in [0.15, 0.2) is 0 Å². The summed E-state index contributed by atoms with van der Waals surface area (Å²) in [6.45, 7) is 8.42. The molecule has 0 saturated heterocycles. The minimum absolute atomic E-state index is 0.438. The van der Waals surface area contributed by atoms with Crippen LogP contribution in [0.15, 0.2) is 42.5 Å². The zero-order chi connectivity index (χ0) is 13.3. The van der Waals surface area contributed by atoms with Gasteiger partial charge in [0.05, 0.1) is 5.54 Å². The van der Waals surface area contributed by atoms with Crippen LogP contribution >= 0.6 is 0 Å². The van der Waals surface area contributed by atoms with E-state index in [1.54, 1.807) is 0 Å². The van der Waals surface area contributed by atoms with Crippen LogP contribution in [0, 0.1) is 20.8 Å². The molecule has 18 heavy (non-hydrogen) atoms. The Kier molecular flexibility index (Phi) is 3.27. The molecule has 1 unspecified atom stereocenters. The quantitative estimate of drug-likeness (QED) is 0.846. The van der Waals surface area contributed by atoms with Crippen LogP contribution in [0.25, 0.3) is 0 Å². The second kappa shape index (κ2) is 4.58. The molecule has 0 heterocycles. The summed E-state index contributed by atoms with van der Waals surface area (Å²) in [6.07, 6.45) is 0. The van der Waals surface area contributed by atoms with Gasteiger partial charge in [0.25, 0.3) is 0 Å². The topological polar surface area (TPSA) is 26.0 Å². The first-order chi connectivity index (χ1) is 8.41. The van der Waals surface area contributed by atoms with Crippen molar-refractivity contribution in [1.29, 1.82) is 0 Å². The molecule has 2 N–H and O–H groups in total. The Labute approximate surface area is 110 Å². The van der Waals surface area contributed by atoms with Crippen LogP contribution in [-0.4, -0.2) is 0 Å². The van der Waals surface area contributed by atoms with Gasteiger partial charge in [0.1, 0.15) is 0 Å². The zero-order valence-electron chi connectivity index (χ0n) is 11.6. The number of hydrogen-bond acceptors (Lipinski definition) is 1. The Morgan fingerprint density at radius 2 is 1.33 bits per heavy atom. The summed E-state index contributed by atoms with van der Waals surface area (Å²) in [5, 5.41) is 0. The molecule has 0 aromatic heterocycles. The van der Waals surface area contributed by atoms with Crippen LogP contribution in [0.4, 0.5) is 0 Å². The van der Waals surface area contributed by atoms with E-state index in [0.29, 0.717) is 0 Å². The third-order valence-corrected chi connectivity index (χ3v) is 3.76. The first-order valence-corrected chi connectivity index (χ1v) is 6.35. The molecule has 0 saturated carbocycles. The highest BCUT2D eigenvalue weighted by Gasteiger charge is 2.23. The van der Waals surface area contributed by atoms with E-state index in [9.17, 15) is 0 Å². The average molecular weight is 239 g/mol. The van der Waals surface area contributed by atoms with E-state index in [0.717, 1.165) is 11.1 Å². The van der Waals surface area contributed by atoms with Crippen LogP contribution in [0.1, 0.15) is 34.7 Å². The lowest BCUT2D eigenvalue weighted by Gasteiger charge is -2.27. The second-order valence-electron chi connectivity index (χ2n) is 5.37. The lowest BCUT2D eigenvalue weighted by Crippen LogP contribution is -2.34. The monoisotopic (exact) mass is 239 g/mol. The van der Waals surface area contributed by atoms with Gasteiger partial charge in [0, 0.05) is 0 Å².